The first-order chi connectivity index (χ1) is 56.4. The van der Waals surface area contributed by atoms with Gasteiger partial charge in [-0.25, -0.2) is 29.9 Å². The van der Waals surface area contributed by atoms with E-state index in [2.05, 4.69) is 345 Å². The molecule has 0 aliphatic rings. The molecule has 0 spiro atoms. The summed E-state index contributed by atoms with van der Waals surface area (Å²) in [6, 6.07) is 133. The number of hydrogen-bond acceptors (Lipinski definition) is 8. The van der Waals surface area contributed by atoms with Crippen molar-refractivity contribution in [2.24, 2.45) is 0 Å². The summed E-state index contributed by atoms with van der Waals surface area (Å²) in [4.78, 5) is 40.5. The molecule has 0 saturated heterocycles. The van der Waals surface area contributed by atoms with Crippen LogP contribution in [0.4, 0.5) is 0 Å². The van der Waals surface area contributed by atoms with E-state index in [4.69, 9.17) is 34.9 Å². The molecule has 0 fully saturated rings. The minimum absolute atomic E-state index is 0.899. The second-order valence-electron chi connectivity index (χ2n) is 29.3. The molecule has 23 rings (SSSR count). The third-order valence-corrected chi connectivity index (χ3v) is 22.6. The molecule has 528 valence electrons. The minimum Gasteiger partial charge on any atom is -0.254 e. The number of fused-ring (bicyclic) bond motifs is 17. The molecule has 0 aliphatic carbocycles. The van der Waals surface area contributed by atoms with Gasteiger partial charge in [-0.1, -0.05) is 291 Å². The lowest BCUT2D eigenvalue weighted by Crippen LogP contribution is -1.93. The van der Waals surface area contributed by atoms with Gasteiger partial charge in [0, 0.05) is 88.9 Å². The van der Waals surface area contributed by atoms with Crippen molar-refractivity contribution >= 4 is 130 Å². The van der Waals surface area contributed by atoms with Crippen molar-refractivity contribution in [3.05, 3.63) is 389 Å². The van der Waals surface area contributed by atoms with E-state index in [1.165, 1.54) is 43.4 Å². The molecule has 8 heteroatoms. The van der Waals surface area contributed by atoms with Crippen LogP contribution < -0.4 is 0 Å². The first-order valence-electron chi connectivity index (χ1n) is 38.5. The van der Waals surface area contributed by atoms with Crippen molar-refractivity contribution in [3.8, 4) is 101 Å². The number of pyridine rings is 8. The maximum absolute atomic E-state index is 5.30. The van der Waals surface area contributed by atoms with E-state index in [9.17, 15) is 0 Å². The van der Waals surface area contributed by atoms with Crippen LogP contribution in [0.5, 0.6) is 0 Å². The Kier molecular flexibility index (Phi) is 15.7. The fraction of sp³-hybridized carbons (Fsp3) is 0. The number of aromatic nitrogens is 8. The maximum atomic E-state index is 5.30. The fourth-order valence-corrected chi connectivity index (χ4v) is 16.8. The van der Waals surface area contributed by atoms with Gasteiger partial charge in [-0.2, -0.15) is 0 Å². The van der Waals surface area contributed by atoms with Gasteiger partial charge in [0.05, 0.1) is 78.3 Å². The Balaban J connectivity index is 0.000000139. The van der Waals surface area contributed by atoms with E-state index < -0.39 is 0 Å². The SMILES string of the molecule is c1ccc(-c2ccc3ccc(-c4ccc5ccc(-c6ccc(-c7ccc8ccc9ccc(-c%10ccccc%10)nc9c8n7)c7ccccc67)nc5c4)nc3c2)cc1.c1cnc2c(c1)cc(-c1ccc(-c3ccc4ccc(-c5ccc6ccc(-c7ccc8c9ccccc9c9ccccc9c8c7)cc6n5)cc4n3)cc1)c1cccnc12. The second kappa shape index (κ2) is 27.3. The Morgan fingerprint density at radius 3 is 1.03 bits per heavy atom. The Hall–Kier alpha value is -15.4. The molecule has 8 nitrogen and oxygen atoms in total. The smallest absolute Gasteiger partial charge is 0.0972 e. The van der Waals surface area contributed by atoms with Crippen molar-refractivity contribution < 1.29 is 0 Å². The van der Waals surface area contributed by atoms with Gasteiger partial charge in [0.2, 0.25) is 0 Å². The molecule has 8 heterocycles. The summed E-state index contributed by atoms with van der Waals surface area (Å²) >= 11 is 0. The largest absolute Gasteiger partial charge is 0.254 e. The Morgan fingerprint density at radius 2 is 0.474 bits per heavy atom. The van der Waals surface area contributed by atoms with Crippen LogP contribution in [-0.2, 0) is 0 Å². The molecule has 0 radical (unpaired) electrons. The van der Waals surface area contributed by atoms with E-state index in [0.29, 0.717) is 0 Å². The van der Waals surface area contributed by atoms with Gasteiger partial charge < -0.3 is 0 Å². The van der Waals surface area contributed by atoms with Gasteiger partial charge in [-0.3, -0.25) is 9.97 Å². The third kappa shape index (κ3) is 11.7. The molecule has 0 atom stereocenters. The van der Waals surface area contributed by atoms with Crippen LogP contribution in [0.2, 0.25) is 0 Å². The number of rotatable bonds is 9. The molecule has 114 heavy (non-hydrogen) atoms. The van der Waals surface area contributed by atoms with Crippen molar-refractivity contribution in [1.82, 2.24) is 39.9 Å². The molecular formula is C106H64N8. The highest BCUT2D eigenvalue weighted by molar-refractivity contribution is 6.26. The maximum Gasteiger partial charge on any atom is 0.0972 e. The fourth-order valence-electron chi connectivity index (χ4n) is 16.8. The highest BCUT2D eigenvalue weighted by Crippen LogP contribution is 2.42. The van der Waals surface area contributed by atoms with Gasteiger partial charge in [-0.05, 0) is 161 Å². The van der Waals surface area contributed by atoms with E-state index in [1.807, 2.05) is 48.8 Å². The molecule has 0 amide bonds. The van der Waals surface area contributed by atoms with Crippen molar-refractivity contribution in [1.29, 1.82) is 0 Å². The summed E-state index contributed by atoms with van der Waals surface area (Å²) in [7, 11) is 0. The van der Waals surface area contributed by atoms with Gasteiger partial charge in [0.25, 0.3) is 0 Å². The summed E-state index contributed by atoms with van der Waals surface area (Å²) in [6.07, 6.45) is 3.66. The monoisotopic (exact) mass is 1450 g/mol. The van der Waals surface area contributed by atoms with E-state index in [-0.39, 0.29) is 0 Å². The Morgan fingerprint density at radius 1 is 0.140 bits per heavy atom. The van der Waals surface area contributed by atoms with Crippen LogP contribution in [0.25, 0.3) is 231 Å². The van der Waals surface area contributed by atoms with Gasteiger partial charge >= 0.3 is 0 Å². The summed E-state index contributed by atoms with van der Waals surface area (Å²) in [6.45, 7) is 0. The molecule has 0 aliphatic heterocycles. The molecule has 0 N–H and O–H groups in total. The van der Waals surface area contributed by atoms with Gasteiger partial charge in [-0.15, -0.1) is 0 Å². The second-order valence-corrected chi connectivity index (χ2v) is 29.3. The minimum atomic E-state index is 0.899. The van der Waals surface area contributed by atoms with Gasteiger partial charge in [0.15, 0.2) is 0 Å². The van der Waals surface area contributed by atoms with Crippen LogP contribution >= 0.6 is 0 Å². The molecule has 15 aromatic carbocycles. The van der Waals surface area contributed by atoms with Crippen molar-refractivity contribution in [3.63, 3.8) is 0 Å². The summed E-state index contributed by atoms with van der Waals surface area (Å²) in [5.74, 6) is 0. The van der Waals surface area contributed by atoms with Crippen LogP contribution in [0, 0.1) is 0 Å². The lowest BCUT2D eigenvalue weighted by atomic mass is 9.92. The first-order valence-corrected chi connectivity index (χ1v) is 38.5. The molecule has 23 aromatic rings. The van der Waals surface area contributed by atoms with Crippen LogP contribution in [-0.4, -0.2) is 39.9 Å². The topological polar surface area (TPSA) is 103 Å². The van der Waals surface area contributed by atoms with Crippen LogP contribution in [0.3, 0.4) is 0 Å². The average molecular weight is 1450 g/mol. The van der Waals surface area contributed by atoms with Gasteiger partial charge in [0.1, 0.15) is 0 Å². The molecule has 0 bridgehead atoms. The van der Waals surface area contributed by atoms with Crippen molar-refractivity contribution in [2.75, 3.05) is 0 Å². The lowest BCUT2D eigenvalue weighted by molar-refractivity contribution is 1.37. The van der Waals surface area contributed by atoms with E-state index >= 15 is 0 Å². The Bertz CT molecular complexity index is 7830. The lowest BCUT2D eigenvalue weighted by Gasteiger charge is -2.13. The number of nitrogens with zero attached hydrogens (tertiary/aromatic N) is 8. The van der Waals surface area contributed by atoms with E-state index in [1.54, 1.807) is 0 Å². The van der Waals surface area contributed by atoms with Crippen LogP contribution in [0.15, 0.2) is 389 Å². The molecule has 0 saturated carbocycles. The zero-order valence-corrected chi connectivity index (χ0v) is 61.5. The average Bonchev–Trinajstić information content (AvgIpc) is 0.471. The molecule has 0 unspecified atom stereocenters. The first kappa shape index (κ1) is 65.7. The zero-order chi connectivity index (χ0) is 75.2. The number of benzene rings is 15. The highest BCUT2D eigenvalue weighted by atomic mass is 14.8. The van der Waals surface area contributed by atoms with E-state index in [0.717, 1.165) is 188 Å². The molecule has 8 aromatic heterocycles. The quantitative estimate of drug-likeness (QED) is 0.132. The predicted molar refractivity (Wildman–Crippen MR) is 474 cm³/mol. The summed E-state index contributed by atoms with van der Waals surface area (Å²) in [5, 5.41) is 18.6. The number of hydrogen-bond donors (Lipinski definition) is 0. The summed E-state index contributed by atoms with van der Waals surface area (Å²) in [5.41, 5.74) is 26.3. The normalized spacial score (nSPS) is 11.7. The van der Waals surface area contributed by atoms with Crippen LogP contribution in [0.1, 0.15) is 0 Å². The predicted octanol–water partition coefficient (Wildman–Crippen LogP) is 27.4. The third-order valence-electron chi connectivity index (χ3n) is 22.6. The Labute approximate surface area is 655 Å². The standard InChI is InChI=1S/C54H32N4.C52H32N4/c1-2-10-43-41(8-1)42-9-3-4-11-44(42)48-29-37(21-24-45(43)48)38-19-17-35-23-26-50(58-51(35)31-38)39-20-18-36-22-25-49(57-52(36)32-39)34-15-13-33(14-16-34)47-30-40-7-5-27-55-53(40)54-46(47)12-6-28-56-54;1-3-9-33(10-4-1)39-19-15-35-21-27-46(53-49(35)31-39)40-20-16-36-22-29-47(54-50(36)32-40)43-25-26-44(42-14-8-7-13-41(42)43)48-30-24-38-18-17-37-23-28-45(34-11-5-2-6-12-34)55-51(37)52(38)56-48/h1-32H;1-32H. The zero-order valence-electron chi connectivity index (χ0n) is 61.5. The van der Waals surface area contributed by atoms with Crippen molar-refractivity contribution in [2.45, 2.75) is 0 Å². The highest BCUT2D eigenvalue weighted by Gasteiger charge is 2.19. The summed E-state index contributed by atoms with van der Waals surface area (Å²) < 4.78 is 0. The molecular weight excluding hydrogens is 1390 g/mol.